The summed E-state index contributed by atoms with van der Waals surface area (Å²) in [6.07, 6.45) is 3.05. The number of carbonyl (C=O) groups excluding carboxylic acids is 1. The van der Waals surface area contributed by atoms with Crippen LogP contribution < -0.4 is 14.8 Å². The molecule has 0 fully saturated rings. The number of anilines is 2. The van der Waals surface area contributed by atoms with Gasteiger partial charge in [0.1, 0.15) is 17.4 Å². The first kappa shape index (κ1) is 23.0. The van der Waals surface area contributed by atoms with Crippen molar-refractivity contribution in [2.45, 2.75) is 25.7 Å². The molecule has 0 bridgehead atoms. The van der Waals surface area contributed by atoms with Crippen LogP contribution in [-0.2, 0) is 14.8 Å². The lowest BCUT2D eigenvalue weighted by Gasteiger charge is -2.09. The molecule has 0 aliphatic heterocycles. The van der Waals surface area contributed by atoms with E-state index in [2.05, 4.69) is 20.0 Å². The van der Waals surface area contributed by atoms with Crippen LogP contribution in [0, 0.1) is 13.8 Å². The summed E-state index contributed by atoms with van der Waals surface area (Å²) < 4.78 is 33.2. The van der Waals surface area contributed by atoms with Gasteiger partial charge in [-0.1, -0.05) is 18.2 Å². The molecule has 166 valence electrons. The van der Waals surface area contributed by atoms with Gasteiger partial charge >= 0.3 is 0 Å². The molecule has 1 heterocycles. The minimum Gasteiger partial charge on any atom is -0.493 e. The molecular weight excluding hydrogens is 428 g/mol. The first-order valence-corrected chi connectivity index (χ1v) is 11.4. The molecule has 3 rings (SSSR count). The summed E-state index contributed by atoms with van der Waals surface area (Å²) >= 11 is 0. The Balaban J connectivity index is 1.67. The molecule has 9 heteroatoms. The van der Waals surface area contributed by atoms with Crippen molar-refractivity contribution in [1.82, 2.24) is 9.97 Å². The lowest BCUT2D eigenvalue weighted by atomic mass is 10.2. The predicted molar refractivity (Wildman–Crippen MR) is 124 cm³/mol. The van der Waals surface area contributed by atoms with Gasteiger partial charge in [-0.15, -0.1) is 0 Å². The molecule has 1 aromatic heterocycles. The van der Waals surface area contributed by atoms with E-state index in [9.17, 15) is 13.2 Å². The van der Waals surface area contributed by atoms with E-state index in [0.29, 0.717) is 29.6 Å². The fourth-order valence-corrected chi connectivity index (χ4v) is 3.93. The van der Waals surface area contributed by atoms with E-state index in [1.165, 1.54) is 30.3 Å². The number of aromatic nitrogens is 2. The van der Waals surface area contributed by atoms with Crippen LogP contribution in [0.1, 0.15) is 24.0 Å². The number of rotatable bonds is 8. The van der Waals surface area contributed by atoms with Crippen molar-refractivity contribution in [1.29, 1.82) is 0 Å². The topological polar surface area (TPSA) is 110 Å². The summed E-state index contributed by atoms with van der Waals surface area (Å²) in [7, 11) is -3.83. The highest BCUT2D eigenvalue weighted by molar-refractivity contribution is 7.92. The molecule has 0 aliphatic carbocycles. The van der Waals surface area contributed by atoms with Crippen LogP contribution in [0.3, 0.4) is 0 Å². The summed E-state index contributed by atoms with van der Waals surface area (Å²) in [6.45, 7) is 5.86. The summed E-state index contributed by atoms with van der Waals surface area (Å²) in [5.41, 5.74) is 1.91. The number of aryl methyl sites for hydroxylation is 2. The Hall–Kier alpha value is -3.72. The van der Waals surface area contributed by atoms with E-state index in [1.54, 1.807) is 26.0 Å². The van der Waals surface area contributed by atoms with Gasteiger partial charge in [0.2, 0.25) is 5.91 Å². The molecule has 0 saturated carbocycles. The average Bonchev–Trinajstić information content (AvgIpc) is 2.72. The van der Waals surface area contributed by atoms with Crippen molar-refractivity contribution in [3.63, 3.8) is 0 Å². The summed E-state index contributed by atoms with van der Waals surface area (Å²) in [5, 5.41) is 2.70. The van der Waals surface area contributed by atoms with E-state index in [1.807, 2.05) is 31.2 Å². The number of nitrogens with one attached hydrogen (secondary N) is 2. The number of para-hydroxylation sites is 1. The minimum absolute atomic E-state index is 0.0469. The number of hydrogen-bond donors (Lipinski definition) is 2. The Labute approximate surface area is 187 Å². The SMILES string of the molecule is CCOc1ccccc1C=CC(=O)Nc1ccc(S(=O)(=O)Nc2cc(C)nc(C)n2)cc1. The van der Waals surface area contributed by atoms with E-state index in [0.717, 1.165) is 5.56 Å². The first-order valence-electron chi connectivity index (χ1n) is 9.93. The Bertz CT molecular complexity index is 1220. The highest BCUT2D eigenvalue weighted by atomic mass is 32.2. The van der Waals surface area contributed by atoms with Crippen molar-refractivity contribution in [2.75, 3.05) is 16.6 Å². The quantitative estimate of drug-likeness (QED) is 0.501. The minimum atomic E-state index is -3.83. The highest BCUT2D eigenvalue weighted by Crippen LogP contribution is 2.20. The van der Waals surface area contributed by atoms with E-state index in [4.69, 9.17) is 4.74 Å². The zero-order valence-electron chi connectivity index (χ0n) is 18.0. The fourth-order valence-electron chi connectivity index (χ4n) is 2.94. The van der Waals surface area contributed by atoms with Crippen molar-refractivity contribution in [3.8, 4) is 5.75 Å². The van der Waals surface area contributed by atoms with Crippen LogP contribution >= 0.6 is 0 Å². The number of sulfonamides is 1. The molecule has 0 atom stereocenters. The van der Waals surface area contributed by atoms with Gasteiger partial charge < -0.3 is 10.1 Å². The number of ether oxygens (including phenoxy) is 1. The van der Waals surface area contributed by atoms with Gasteiger partial charge in [-0.05, 0) is 57.2 Å². The maximum Gasteiger partial charge on any atom is 0.263 e. The summed E-state index contributed by atoms with van der Waals surface area (Å²) in [4.78, 5) is 20.5. The van der Waals surface area contributed by atoms with Gasteiger partial charge in [0.05, 0.1) is 11.5 Å². The van der Waals surface area contributed by atoms with Crippen LogP contribution in [0.25, 0.3) is 6.08 Å². The number of amides is 1. The fraction of sp³-hybridized carbons (Fsp3) is 0.174. The number of hydrogen-bond acceptors (Lipinski definition) is 6. The molecule has 2 aromatic carbocycles. The lowest BCUT2D eigenvalue weighted by molar-refractivity contribution is -0.111. The predicted octanol–water partition coefficient (Wildman–Crippen LogP) is 3.94. The van der Waals surface area contributed by atoms with Crippen molar-refractivity contribution in [3.05, 3.63) is 77.8 Å². The second-order valence-corrected chi connectivity index (χ2v) is 8.55. The van der Waals surface area contributed by atoms with Gasteiger partial charge in [0, 0.05) is 29.1 Å². The Morgan fingerprint density at radius 3 is 2.47 bits per heavy atom. The molecule has 0 saturated heterocycles. The standard InChI is InChI=1S/C23H24N4O4S/c1-4-31-21-8-6-5-7-18(21)9-14-23(28)26-19-10-12-20(13-11-19)32(29,30)27-22-15-16(2)24-17(3)25-22/h5-15H,4H2,1-3H3,(H,26,28)(H,24,25,27). The smallest absolute Gasteiger partial charge is 0.263 e. The van der Waals surface area contributed by atoms with E-state index < -0.39 is 10.0 Å². The average molecular weight is 453 g/mol. The zero-order chi connectivity index (χ0) is 23.1. The van der Waals surface area contributed by atoms with Crippen molar-refractivity contribution in [2.24, 2.45) is 0 Å². The van der Waals surface area contributed by atoms with Gasteiger partial charge in [-0.2, -0.15) is 0 Å². The third kappa shape index (κ3) is 6.14. The molecule has 3 aromatic rings. The Morgan fingerprint density at radius 2 is 1.78 bits per heavy atom. The van der Waals surface area contributed by atoms with Gasteiger partial charge in [0.25, 0.3) is 10.0 Å². The normalized spacial score (nSPS) is 11.3. The number of carbonyl (C=O) groups is 1. The van der Waals surface area contributed by atoms with Gasteiger partial charge in [0.15, 0.2) is 0 Å². The second kappa shape index (κ2) is 10.1. The van der Waals surface area contributed by atoms with Crippen molar-refractivity contribution >= 4 is 33.5 Å². The lowest BCUT2D eigenvalue weighted by Crippen LogP contribution is -2.15. The van der Waals surface area contributed by atoms with Crippen LogP contribution in [0.2, 0.25) is 0 Å². The molecule has 2 N–H and O–H groups in total. The molecule has 0 radical (unpaired) electrons. The molecule has 1 amide bonds. The Morgan fingerprint density at radius 1 is 1.06 bits per heavy atom. The van der Waals surface area contributed by atoms with Crippen LogP contribution in [-0.4, -0.2) is 30.9 Å². The largest absolute Gasteiger partial charge is 0.493 e. The van der Waals surface area contributed by atoms with Crippen LogP contribution in [0.15, 0.2) is 65.6 Å². The molecule has 32 heavy (non-hydrogen) atoms. The van der Waals surface area contributed by atoms with Crippen LogP contribution in [0.4, 0.5) is 11.5 Å². The Kier molecular flexibility index (Phi) is 7.21. The molecule has 0 spiro atoms. The monoisotopic (exact) mass is 452 g/mol. The first-order chi connectivity index (χ1) is 15.3. The maximum absolute atomic E-state index is 12.6. The van der Waals surface area contributed by atoms with Gasteiger partial charge in [-0.25, -0.2) is 18.4 Å². The maximum atomic E-state index is 12.6. The van der Waals surface area contributed by atoms with E-state index >= 15 is 0 Å². The van der Waals surface area contributed by atoms with E-state index in [-0.39, 0.29) is 16.6 Å². The number of benzene rings is 2. The summed E-state index contributed by atoms with van der Waals surface area (Å²) in [6, 6.07) is 14.8. The summed E-state index contributed by atoms with van der Waals surface area (Å²) in [5.74, 6) is 1.01. The third-order valence-corrected chi connectivity index (χ3v) is 5.64. The molecule has 8 nitrogen and oxygen atoms in total. The third-order valence-electron chi connectivity index (χ3n) is 4.27. The second-order valence-electron chi connectivity index (χ2n) is 6.87. The molecular formula is C23H24N4O4S. The number of nitrogens with zero attached hydrogens (tertiary/aromatic N) is 2. The van der Waals surface area contributed by atoms with Gasteiger partial charge in [-0.3, -0.25) is 9.52 Å². The molecule has 0 unspecified atom stereocenters. The zero-order valence-corrected chi connectivity index (χ0v) is 18.8. The highest BCUT2D eigenvalue weighted by Gasteiger charge is 2.15. The molecule has 0 aliphatic rings. The van der Waals surface area contributed by atoms with Crippen LogP contribution in [0.5, 0.6) is 5.75 Å². The van der Waals surface area contributed by atoms with Crippen molar-refractivity contribution < 1.29 is 17.9 Å².